The van der Waals surface area contributed by atoms with E-state index < -0.39 is 5.97 Å². The first-order valence-electron chi connectivity index (χ1n) is 7.83. The Labute approximate surface area is 150 Å². The molecule has 25 heavy (non-hydrogen) atoms. The minimum atomic E-state index is -1.33. The first-order valence-corrected chi connectivity index (χ1v) is 8.71. The number of ether oxygens (including phenoxy) is 1. The van der Waals surface area contributed by atoms with Crippen molar-refractivity contribution in [1.82, 2.24) is 9.88 Å². The molecular formula is C17H20N3O4S-. The molecule has 2 amide bonds. The number of carboxylic acids is 1. The molecule has 0 spiro atoms. The van der Waals surface area contributed by atoms with Gasteiger partial charge in [-0.25, -0.2) is 9.78 Å². The SMILES string of the molecule is CCc1ccccc1NC(=O)N(CCOC)Cc1nc(C(=O)[O-])cs1. The molecule has 0 aliphatic carbocycles. The van der Waals surface area contributed by atoms with Crippen LogP contribution in [0.3, 0.4) is 0 Å². The molecule has 7 nitrogen and oxygen atoms in total. The monoisotopic (exact) mass is 362 g/mol. The molecule has 0 bridgehead atoms. The molecule has 1 aromatic carbocycles. The van der Waals surface area contributed by atoms with Crippen LogP contribution in [0.2, 0.25) is 0 Å². The average Bonchev–Trinajstić information content (AvgIpc) is 3.08. The fourth-order valence-corrected chi connectivity index (χ4v) is 3.02. The van der Waals surface area contributed by atoms with E-state index in [0.29, 0.717) is 18.2 Å². The normalized spacial score (nSPS) is 10.5. The minimum Gasteiger partial charge on any atom is -0.543 e. The largest absolute Gasteiger partial charge is 0.543 e. The highest BCUT2D eigenvalue weighted by molar-refractivity contribution is 7.09. The van der Waals surface area contributed by atoms with Crippen LogP contribution >= 0.6 is 11.3 Å². The van der Waals surface area contributed by atoms with Crippen molar-refractivity contribution in [1.29, 1.82) is 0 Å². The van der Waals surface area contributed by atoms with Crippen LogP contribution in [0.25, 0.3) is 0 Å². The molecule has 2 rings (SSSR count). The van der Waals surface area contributed by atoms with Crippen molar-refractivity contribution in [2.75, 3.05) is 25.6 Å². The quantitative estimate of drug-likeness (QED) is 0.772. The van der Waals surface area contributed by atoms with Crippen LogP contribution in [-0.2, 0) is 17.7 Å². The fraction of sp³-hybridized carbons (Fsp3) is 0.353. The van der Waals surface area contributed by atoms with Gasteiger partial charge in [-0.1, -0.05) is 25.1 Å². The maximum absolute atomic E-state index is 12.6. The molecule has 0 fully saturated rings. The average molecular weight is 362 g/mol. The third-order valence-electron chi connectivity index (χ3n) is 3.58. The van der Waals surface area contributed by atoms with E-state index in [9.17, 15) is 14.7 Å². The Morgan fingerprint density at radius 2 is 2.12 bits per heavy atom. The number of rotatable bonds is 8. The van der Waals surface area contributed by atoms with Gasteiger partial charge in [0.1, 0.15) is 5.01 Å². The molecule has 1 N–H and O–H groups in total. The summed E-state index contributed by atoms with van der Waals surface area (Å²) in [6.45, 7) is 2.94. The molecule has 0 aliphatic rings. The lowest BCUT2D eigenvalue weighted by Crippen LogP contribution is -2.37. The van der Waals surface area contributed by atoms with Gasteiger partial charge in [-0.05, 0) is 18.1 Å². The number of para-hydroxylation sites is 1. The van der Waals surface area contributed by atoms with E-state index in [4.69, 9.17) is 4.74 Å². The molecule has 0 unspecified atom stereocenters. The van der Waals surface area contributed by atoms with Gasteiger partial charge in [-0.2, -0.15) is 0 Å². The van der Waals surface area contributed by atoms with Gasteiger partial charge in [0.2, 0.25) is 0 Å². The van der Waals surface area contributed by atoms with Crippen LogP contribution in [0, 0.1) is 0 Å². The molecule has 2 aromatic rings. The molecule has 0 radical (unpaired) electrons. The number of hydrogen-bond acceptors (Lipinski definition) is 6. The number of aromatic carboxylic acids is 1. The summed E-state index contributed by atoms with van der Waals surface area (Å²) < 4.78 is 5.06. The van der Waals surface area contributed by atoms with Gasteiger partial charge in [-0.3, -0.25) is 0 Å². The van der Waals surface area contributed by atoms with Gasteiger partial charge < -0.3 is 24.9 Å². The molecule has 134 valence electrons. The van der Waals surface area contributed by atoms with E-state index in [1.807, 2.05) is 31.2 Å². The van der Waals surface area contributed by atoms with Gasteiger partial charge in [0, 0.05) is 24.7 Å². The van der Waals surface area contributed by atoms with Crippen LogP contribution in [0.5, 0.6) is 0 Å². The number of aryl methyl sites for hydroxylation is 1. The van der Waals surface area contributed by atoms with Gasteiger partial charge in [0.25, 0.3) is 0 Å². The predicted molar refractivity (Wildman–Crippen MR) is 93.6 cm³/mol. The summed E-state index contributed by atoms with van der Waals surface area (Å²) in [4.78, 5) is 29.0. The van der Waals surface area contributed by atoms with E-state index in [2.05, 4.69) is 10.3 Å². The van der Waals surface area contributed by atoms with E-state index in [-0.39, 0.29) is 18.3 Å². The third kappa shape index (κ3) is 5.27. The Balaban J connectivity index is 2.11. The zero-order chi connectivity index (χ0) is 18.2. The zero-order valence-electron chi connectivity index (χ0n) is 14.2. The van der Waals surface area contributed by atoms with Crippen molar-refractivity contribution in [3.8, 4) is 0 Å². The number of methoxy groups -OCH3 is 1. The summed E-state index contributed by atoms with van der Waals surface area (Å²) in [6, 6.07) is 7.31. The maximum atomic E-state index is 12.6. The van der Waals surface area contributed by atoms with E-state index in [0.717, 1.165) is 17.7 Å². The zero-order valence-corrected chi connectivity index (χ0v) is 15.0. The number of benzene rings is 1. The first-order chi connectivity index (χ1) is 12.0. The van der Waals surface area contributed by atoms with Crippen molar-refractivity contribution in [3.63, 3.8) is 0 Å². The predicted octanol–water partition coefficient (Wildman–Crippen LogP) is 1.75. The number of thiazole rings is 1. The summed E-state index contributed by atoms with van der Waals surface area (Å²) in [5, 5.41) is 15.7. The number of nitrogens with one attached hydrogen (secondary N) is 1. The second kappa shape index (κ2) is 9.14. The summed E-state index contributed by atoms with van der Waals surface area (Å²) in [5.41, 5.74) is 1.67. The van der Waals surface area contributed by atoms with Crippen LogP contribution in [0.15, 0.2) is 29.6 Å². The van der Waals surface area contributed by atoms with Crippen molar-refractivity contribution >= 4 is 29.0 Å². The smallest absolute Gasteiger partial charge is 0.322 e. The molecule has 1 aromatic heterocycles. The maximum Gasteiger partial charge on any atom is 0.322 e. The molecule has 1 heterocycles. The lowest BCUT2D eigenvalue weighted by molar-refractivity contribution is -0.255. The molecular weight excluding hydrogens is 342 g/mol. The number of anilines is 1. The summed E-state index contributed by atoms with van der Waals surface area (Å²) in [7, 11) is 1.56. The van der Waals surface area contributed by atoms with Crippen LogP contribution < -0.4 is 10.4 Å². The van der Waals surface area contributed by atoms with Crippen molar-refractivity contribution in [2.24, 2.45) is 0 Å². The van der Waals surface area contributed by atoms with E-state index in [1.54, 1.807) is 7.11 Å². The Hall–Kier alpha value is -2.45. The lowest BCUT2D eigenvalue weighted by atomic mass is 10.1. The highest BCUT2D eigenvalue weighted by atomic mass is 32.1. The Bertz CT molecular complexity index is 732. The number of carbonyl (C=O) groups is 2. The first kappa shape index (κ1) is 18.9. The highest BCUT2D eigenvalue weighted by Gasteiger charge is 2.17. The number of nitrogens with zero attached hydrogens (tertiary/aromatic N) is 2. The van der Waals surface area contributed by atoms with Gasteiger partial charge in [0.15, 0.2) is 0 Å². The number of carboxylic acid groups (broad SMARTS) is 1. The van der Waals surface area contributed by atoms with E-state index >= 15 is 0 Å². The molecule has 0 aliphatic heterocycles. The third-order valence-corrected chi connectivity index (χ3v) is 4.41. The number of hydrogen-bond donors (Lipinski definition) is 1. The number of carbonyl (C=O) groups excluding carboxylic acids is 2. The van der Waals surface area contributed by atoms with Crippen molar-refractivity contribution < 1.29 is 19.4 Å². The second-order valence-electron chi connectivity index (χ2n) is 5.27. The topological polar surface area (TPSA) is 94.6 Å². The number of urea groups is 1. The van der Waals surface area contributed by atoms with Crippen molar-refractivity contribution in [2.45, 2.75) is 19.9 Å². The summed E-state index contributed by atoms with van der Waals surface area (Å²) in [5.74, 6) is -1.33. The van der Waals surface area contributed by atoms with Crippen LogP contribution in [-0.4, -0.2) is 42.1 Å². The Morgan fingerprint density at radius 1 is 1.36 bits per heavy atom. The minimum absolute atomic E-state index is 0.122. The molecule has 0 saturated carbocycles. The number of amides is 2. The van der Waals surface area contributed by atoms with Gasteiger partial charge in [0.05, 0.1) is 24.8 Å². The van der Waals surface area contributed by atoms with Gasteiger partial charge >= 0.3 is 6.03 Å². The summed E-state index contributed by atoms with van der Waals surface area (Å²) in [6.07, 6.45) is 0.802. The molecule has 0 saturated heterocycles. The fourth-order valence-electron chi connectivity index (χ4n) is 2.24. The summed E-state index contributed by atoms with van der Waals surface area (Å²) >= 11 is 1.18. The lowest BCUT2D eigenvalue weighted by Gasteiger charge is -2.22. The van der Waals surface area contributed by atoms with Crippen molar-refractivity contribution in [3.05, 3.63) is 45.9 Å². The second-order valence-corrected chi connectivity index (χ2v) is 6.21. The highest BCUT2D eigenvalue weighted by Crippen LogP contribution is 2.17. The van der Waals surface area contributed by atoms with E-state index in [1.165, 1.54) is 21.6 Å². The van der Waals surface area contributed by atoms with Crippen LogP contribution in [0.1, 0.15) is 28.0 Å². The Morgan fingerprint density at radius 3 is 2.76 bits per heavy atom. The van der Waals surface area contributed by atoms with Gasteiger partial charge in [-0.15, -0.1) is 11.3 Å². The number of aromatic nitrogens is 1. The standard InChI is InChI=1S/C17H21N3O4S/c1-3-12-6-4-5-7-13(12)19-17(23)20(8-9-24-2)10-15-18-14(11-25-15)16(21)22/h4-7,11H,3,8-10H2,1-2H3,(H,19,23)(H,21,22)/p-1. The molecule has 8 heteroatoms. The van der Waals surface area contributed by atoms with Crippen LogP contribution in [0.4, 0.5) is 10.5 Å². The molecule has 0 atom stereocenters. The Kier molecular flexibility index (Phi) is 6.91.